The van der Waals surface area contributed by atoms with Gasteiger partial charge in [0, 0.05) is 5.92 Å². The van der Waals surface area contributed by atoms with E-state index in [1.54, 1.807) is 12.1 Å². The Morgan fingerprint density at radius 2 is 2.14 bits per heavy atom. The van der Waals surface area contributed by atoms with Gasteiger partial charge in [0.25, 0.3) is 0 Å². The Bertz CT molecular complexity index is 459. The molecule has 1 amide bonds. The fourth-order valence-corrected chi connectivity index (χ4v) is 2.81. The highest BCUT2D eigenvalue weighted by molar-refractivity contribution is 5.79. The number of nitrogens with one attached hydrogen (secondary N) is 1. The van der Waals surface area contributed by atoms with Gasteiger partial charge in [-0.1, -0.05) is 12.8 Å². The zero-order valence-corrected chi connectivity index (χ0v) is 11.4. The molecule has 0 radical (unpaired) electrons. The van der Waals surface area contributed by atoms with E-state index in [9.17, 15) is 23.1 Å². The van der Waals surface area contributed by atoms with E-state index >= 15 is 0 Å². The number of alkyl halides is 3. The van der Waals surface area contributed by atoms with Crippen molar-refractivity contribution in [3.63, 3.8) is 0 Å². The third-order valence-corrected chi connectivity index (χ3v) is 3.91. The summed E-state index contributed by atoms with van der Waals surface area (Å²) in [6.45, 7) is -0.428. The van der Waals surface area contributed by atoms with E-state index in [1.165, 1.54) is 6.26 Å². The Hall–Kier alpha value is -1.50. The van der Waals surface area contributed by atoms with Gasteiger partial charge in [0.2, 0.25) is 5.91 Å². The molecule has 1 aliphatic carbocycles. The summed E-state index contributed by atoms with van der Waals surface area (Å²) in [4.78, 5) is 12.2. The predicted octanol–water partition coefficient (Wildman–Crippen LogP) is 2.80. The zero-order chi connectivity index (χ0) is 15.5. The summed E-state index contributed by atoms with van der Waals surface area (Å²) in [5.41, 5.74) is 0. The van der Waals surface area contributed by atoms with Crippen LogP contribution in [-0.2, 0) is 4.79 Å². The average molecular weight is 305 g/mol. The second-order valence-electron chi connectivity index (χ2n) is 5.30. The van der Waals surface area contributed by atoms with Crippen molar-refractivity contribution in [2.45, 2.75) is 37.9 Å². The lowest BCUT2D eigenvalue weighted by Gasteiger charge is -2.32. The fourth-order valence-electron chi connectivity index (χ4n) is 2.81. The second kappa shape index (κ2) is 6.51. The highest BCUT2D eigenvalue weighted by Gasteiger charge is 2.48. The molecule has 2 rings (SSSR count). The lowest BCUT2D eigenvalue weighted by molar-refractivity contribution is -0.198. The van der Waals surface area contributed by atoms with Crippen LogP contribution in [0, 0.1) is 11.8 Å². The van der Waals surface area contributed by atoms with E-state index in [0.29, 0.717) is 18.6 Å². The van der Waals surface area contributed by atoms with Gasteiger partial charge in [-0.25, -0.2) is 0 Å². The third kappa shape index (κ3) is 3.78. The van der Waals surface area contributed by atoms with Crippen molar-refractivity contribution in [2.75, 3.05) is 6.61 Å². The van der Waals surface area contributed by atoms with Crippen molar-refractivity contribution in [2.24, 2.45) is 11.8 Å². The maximum absolute atomic E-state index is 13.0. The summed E-state index contributed by atoms with van der Waals surface area (Å²) in [6, 6.07) is 2.33. The SMILES string of the molecule is O=C(NC(CO)c1ccco1)C1CCCCC1C(F)(F)F. The number of halogens is 3. The minimum Gasteiger partial charge on any atom is -0.467 e. The van der Waals surface area contributed by atoms with Gasteiger partial charge in [-0.3, -0.25) is 4.79 Å². The van der Waals surface area contributed by atoms with Crippen molar-refractivity contribution in [3.8, 4) is 0 Å². The Morgan fingerprint density at radius 3 is 2.71 bits per heavy atom. The Kier molecular flexibility index (Phi) is 4.92. The highest BCUT2D eigenvalue weighted by atomic mass is 19.4. The lowest BCUT2D eigenvalue weighted by Crippen LogP contribution is -2.44. The first kappa shape index (κ1) is 15.9. The van der Waals surface area contributed by atoms with Gasteiger partial charge in [0.05, 0.1) is 18.8 Å². The molecule has 1 saturated carbocycles. The van der Waals surface area contributed by atoms with Crippen LogP contribution >= 0.6 is 0 Å². The molecular formula is C14H18F3NO3. The average Bonchev–Trinajstić information content (AvgIpc) is 2.97. The summed E-state index contributed by atoms with van der Waals surface area (Å²) < 4.78 is 44.1. The molecule has 2 N–H and O–H groups in total. The molecule has 0 aromatic carbocycles. The van der Waals surface area contributed by atoms with Gasteiger partial charge in [-0.2, -0.15) is 13.2 Å². The van der Waals surface area contributed by atoms with Crippen LogP contribution in [0.4, 0.5) is 13.2 Å². The van der Waals surface area contributed by atoms with Crippen LogP contribution in [0.1, 0.15) is 37.5 Å². The zero-order valence-electron chi connectivity index (χ0n) is 11.4. The largest absolute Gasteiger partial charge is 0.467 e. The third-order valence-electron chi connectivity index (χ3n) is 3.91. The number of amides is 1. The van der Waals surface area contributed by atoms with Crippen LogP contribution in [0.5, 0.6) is 0 Å². The van der Waals surface area contributed by atoms with Gasteiger partial charge in [-0.15, -0.1) is 0 Å². The first-order valence-corrected chi connectivity index (χ1v) is 6.95. The predicted molar refractivity (Wildman–Crippen MR) is 68.2 cm³/mol. The van der Waals surface area contributed by atoms with E-state index in [4.69, 9.17) is 4.42 Å². The van der Waals surface area contributed by atoms with Crippen LogP contribution in [0.3, 0.4) is 0 Å². The molecule has 118 valence electrons. The standard InChI is InChI=1S/C14H18F3NO3/c15-14(16,17)10-5-2-1-4-9(10)13(20)18-11(8-19)12-6-3-7-21-12/h3,6-7,9-11,19H,1-2,4-5,8H2,(H,18,20). The van der Waals surface area contributed by atoms with E-state index < -0.39 is 36.6 Å². The van der Waals surface area contributed by atoms with E-state index in [0.717, 1.165) is 0 Å². The highest BCUT2D eigenvalue weighted by Crippen LogP contribution is 2.41. The topological polar surface area (TPSA) is 62.5 Å². The van der Waals surface area contributed by atoms with Crippen molar-refractivity contribution < 1.29 is 27.5 Å². The summed E-state index contributed by atoms with van der Waals surface area (Å²) in [5, 5.41) is 11.7. The lowest BCUT2D eigenvalue weighted by atomic mass is 9.78. The molecule has 0 saturated heterocycles. The molecule has 3 unspecified atom stereocenters. The van der Waals surface area contributed by atoms with Gasteiger partial charge in [0.1, 0.15) is 11.8 Å². The van der Waals surface area contributed by atoms with Crippen LogP contribution in [0.2, 0.25) is 0 Å². The molecule has 1 fully saturated rings. The summed E-state index contributed by atoms with van der Waals surface area (Å²) >= 11 is 0. The van der Waals surface area contributed by atoms with E-state index in [1.807, 2.05) is 0 Å². The van der Waals surface area contributed by atoms with Crippen LogP contribution in [-0.4, -0.2) is 23.8 Å². The summed E-state index contributed by atoms with van der Waals surface area (Å²) in [7, 11) is 0. The van der Waals surface area contributed by atoms with E-state index in [-0.39, 0.29) is 12.8 Å². The van der Waals surface area contributed by atoms with Gasteiger partial charge < -0.3 is 14.8 Å². The number of hydrogen-bond donors (Lipinski definition) is 2. The Labute approximate surface area is 120 Å². The second-order valence-corrected chi connectivity index (χ2v) is 5.30. The molecule has 1 aliphatic rings. The van der Waals surface area contributed by atoms with Crippen LogP contribution in [0.25, 0.3) is 0 Å². The quantitative estimate of drug-likeness (QED) is 0.899. The number of rotatable bonds is 4. The van der Waals surface area contributed by atoms with Crippen molar-refractivity contribution in [1.29, 1.82) is 0 Å². The first-order valence-electron chi connectivity index (χ1n) is 6.95. The molecular weight excluding hydrogens is 287 g/mol. The summed E-state index contributed by atoms with van der Waals surface area (Å²) in [5.74, 6) is -3.05. The number of aliphatic hydroxyl groups is 1. The van der Waals surface area contributed by atoms with Gasteiger partial charge in [-0.05, 0) is 25.0 Å². The Balaban J connectivity index is 2.07. The summed E-state index contributed by atoms with van der Waals surface area (Å²) in [6.07, 6.45) is -1.71. The monoisotopic (exact) mass is 305 g/mol. The molecule has 4 nitrogen and oxygen atoms in total. The normalized spacial score (nSPS) is 24.6. The van der Waals surface area contributed by atoms with Crippen LogP contribution in [0.15, 0.2) is 22.8 Å². The molecule has 1 aromatic rings. The molecule has 1 aromatic heterocycles. The smallest absolute Gasteiger partial charge is 0.392 e. The molecule has 0 aliphatic heterocycles. The first-order chi connectivity index (χ1) is 9.93. The minimum absolute atomic E-state index is 0.0217. The molecule has 21 heavy (non-hydrogen) atoms. The molecule has 7 heteroatoms. The Morgan fingerprint density at radius 1 is 1.43 bits per heavy atom. The number of hydrogen-bond acceptors (Lipinski definition) is 3. The van der Waals surface area contributed by atoms with Crippen molar-refractivity contribution in [3.05, 3.63) is 24.2 Å². The van der Waals surface area contributed by atoms with Crippen LogP contribution < -0.4 is 5.32 Å². The maximum atomic E-state index is 13.0. The fraction of sp³-hybridized carbons (Fsp3) is 0.643. The number of furan rings is 1. The molecule has 0 spiro atoms. The maximum Gasteiger partial charge on any atom is 0.392 e. The van der Waals surface area contributed by atoms with Gasteiger partial charge >= 0.3 is 6.18 Å². The number of carbonyl (C=O) groups excluding carboxylic acids is 1. The van der Waals surface area contributed by atoms with Crippen molar-refractivity contribution in [1.82, 2.24) is 5.32 Å². The van der Waals surface area contributed by atoms with E-state index in [2.05, 4.69) is 5.32 Å². The number of aliphatic hydroxyl groups excluding tert-OH is 1. The minimum atomic E-state index is -4.37. The molecule has 3 atom stereocenters. The van der Waals surface area contributed by atoms with Gasteiger partial charge in [0.15, 0.2) is 0 Å². The molecule has 0 bridgehead atoms. The molecule has 1 heterocycles. The van der Waals surface area contributed by atoms with Crippen molar-refractivity contribution >= 4 is 5.91 Å². The number of carbonyl (C=O) groups is 1.